The number of esters is 1. The van der Waals surface area contributed by atoms with E-state index in [-0.39, 0.29) is 17.8 Å². The summed E-state index contributed by atoms with van der Waals surface area (Å²) < 4.78 is 40.9. The molecule has 0 atom stereocenters. The zero-order valence-electron chi connectivity index (χ0n) is 10.6. The highest BCUT2D eigenvalue weighted by atomic mass is 19.4. The maximum Gasteiger partial charge on any atom is 0.390 e. The van der Waals surface area contributed by atoms with Crippen molar-refractivity contribution in [2.45, 2.75) is 12.6 Å². The fourth-order valence-corrected chi connectivity index (χ4v) is 1.56. The number of rotatable bonds is 4. The van der Waals surface area contributed by atoms with E-state index >= 15 is 0 Å². The fraction of sp³-hybridized carbons (Fsp3) is 0.417. The van der Waals surface area contributed by atoms with Crippen molar-refractivity contribution in [3.63, 3.8) is 0 Å². The number of nitrogen functional groups attached to an aromatic ring is 1. The number of carbonyl (C=O) groups excluding carboxylic acids is 1. The van der Waals surface area contributed by atoms with E-state index in [1.165, 1.54) is 37.3 Å². The largest absolute Gasteiger partial charge is 0.465 e. The lowest BCUT2D eigenvalue weighted by Crippen LogP contribution is -2.24. The molecule has 106 valence electrons. The Hall–Kier alpha value is -1.92. The Balaban J connectivity index is 2.81. The maximum atomic E-state index is 12.1. The molecule has 1 aromatic carbocycles. The molecule has 0 aliphatic heterocycles. The Labute approximate surface area is 108 Å². The summed E-state index contributed by atoms with van der Waals surface area (Å²) in [6.45, 7) is -0.203. The number of nitrogens with two attached hydrogens (primary N) is 1. The zero-order valence-corrected chi connectivity index (χ0v) is 10.6. The number of halogens is 3. The molecule has 0 saturated carbocycles. The van der Waals surface area contributed by atoms with Gasteiger partial charge in [0.2, 0.25) is 0 Å². The Morgan fingerprint density at radius 3 is 2.53 bits per heavy atom. The number of anilines is 2. The molecule has 4 nitrogen and oxygen atoms in total. The van der Waals surface area contributed by atoms with E-state index < -0.39 is 18.6 Å². The molecule has 0 spiro atoms. The van der Waals surface area contributed by atoms with Gasteiger partial charge in [0, 0.05) is 13.6 Å². The quantitative estimate of drug-likeness (QED) is 0.678. The molecule has 0 unspecified atom stereocenters. The van der Waals surface area contributed by atoms with Crippen LogP contribution in [0.5, 0.6) is 0 Å². The van der Waals surface area contributed by atoms with Crippen molar-refractivity contribution in [1.29, 1.82) is 0 Å². The van der Waals surface area contributed by atoms with E-state index in [0.29, 0.717) is 5.69 Å². The molecule has 7 heteroatoms. The smallest absolute Gasteiger partial charge is 0.390 e. The van der Waals surface area contributed by atoms with Crippen molar-refractivity contribution in [3.8, 4) is 0 Å². The lowest BCUT2D eigenvalue weighted by atomic mass is 10.1. The van der Waals surface area contributed by atoms with Gasteiger partial charge in [-0.25, -0.2) is 4.79 Å². The highest BCUT2D eigenvalue weighted by Gasteiger charge is 2.27. The normalized spacial score (nSPS) is 11.2. The van der Waals surface area contributed by atoms with Gasteiger partial charge in [-0.05, 0) is 18.2 Å². The summed E-state index contributed by atoms with van der Waals surface area (Å²) in [6, 6.07) is 4.34. The van der Waals surface area contributed by atoms with Crippen molar-refractivity contribution < 1.29 is 22.7 Å². The topological polar surface area (TPSA) is 55.6 Å². The number of hydrogen-bond acceptors (Lipinski definition) is 4. The summed E-state index contributed by atoms with van der Waals surface area (Å²) in [7, 11) is 2.75. The summed E-state index contributed by atoms with van der Waals surface area (Å²) in [5.41, 5.74) is 6.65. The van der Waals surface area contributed by atoms with Crippen LogP contribution in [0.25, 0.3) is 0 Å². The predicted octanol–water partition coefficient (Wildman–Crippen LogP) is 2.44. The van der Waals surface area contributed by atoms with Gasteiger partial charge in [0.15, 0.2) is 0 Å². The highest BCUT2D eigenvalue weighted by Crippen LogP contribution is 2.26. The molecular formula is C12H15F3N2O2. The van der Waals surface area contributed by atoms with Crippen LogP contribution in [-0.4, -0.2) is 32.8 Å². The number of alkyl halides is 3. The van der Waals surface area contributed by atoms with Gasteiger partial charge >= 0.3 is 12.1 Å². The average molecular weight is 276 g/mol. The molecule has 1 rings (SSSR count). The third-order valence-electron chi connectivity index (χ3n) is 2.59. The van der Waals surface area contributed by atoms with Crippen LogP contribution in [-0.2, 0) is 4.74 Å². The van der Waals surface area contributed by atoms with Gasteiger partial charge in [0.25, 0.3) is 0 Å². The molecule has 2 N–H and O–H groups in total. The first kappa shape index (κ1) is 15.1. The minimum absolute atomic E-state index is 0.203. The van der Waals surface area contributed by atoms with Crippen LogP contribution in [0.3, 0.4) is 0 Å². The minimum Gasteiger partial charge on any atom is -0.465 e. The Bertz CT molecular complexity index is 461. The SMILES string of the molecule is COC(=O)c1ccc(N(C)CCC(F)(F)F)c(N)c1. The average Bonchev–Trinajstić information content (AvgIpc) is 2.34. The van der Waals surface area contributed by atoms with Crippen LogP contribution in [0.15, 0.2) is 18.2 Å². The van der Waals surface area contributed by atoms with Crippen LogP contribution in [0.4, 0.5) is 24.5 Å². The second-order valence-corrected chi connectivity index (χ2v) is 4.05. The molecule has 1 aromatic rings. The fourth-order valence-electron chi connectivity index (χ4n) is 1.56. The Kier molecular flexibility index (Phi) is 4.63. The third-order valence-corrected chi connectivity index (χ3v) is 2.59. The van der Waals surface area contributed by atoms with Crippen molar-refractivity contribution in [3.05, 3.63) is 23.8 Å². The molecule has 0 aliphatic carbocycles. The number of methoxy groups -OCH3 is 1. The van der Waals surface area contributed by atoms with E-state index in [9.17, 15) is 18.0 Å². The first-order chi connectivity index (χ1) is 8.74. The minimum atomic E-state index is -4.21. The number of ether oxygens (including phenoxy) is 1. The van der Waals surface area contributed by atoms with Crippen molar-refractivity contribution >= 4 is 17.3 Å². The molecule has 0 fully saturated rings. The van der Waals surface area contributed by atoms with E-state index in [2.05, 4.69) is 4.74 Å². The summed E-state index contributed by atoms with van der Waals surface area (Å²) in [4.78, 5) is 12.7. The Morgan fingerprint density at radius 1 is 1.42 bits per heavy atom. The molecule has 0 aromatic heterocycles. The van der Waals surface area contributed by atoms with Crippen LogP contribution in [0.2, 0.25) is 0 Å². The number of benzene rings is 1. The molecule has 0 bridgehead atoms. The lowest BCUT2D eigenvalue weighted by molar-refractivity contribution is -0.132. The first-order valence-electron chi connectivity index (χ1n) is 5.50. The van der Waals surface area contributed by atoms with Crippen molar-refractivity contribution in [1.82, 2.24) is 0 Å². The molecule has 0 heterocycles. The molecule has 19 heavy (non-hydrogen) atoms. The monoisotopic (exact) mass is 276 g/mol. The van der Waals surface area contributed by atoms with E-state index in [0.717, 1.165) is 0 Å². The van der Waals surface area contributed by atoms with E-state index in [4.69, 9.17) is 5.73 Å². The molecule has 0 aliphatic rings. The van der Waals surface area contributed by atoms with E-state index in [1.807, 2.05) is 0 Å². The Morgan fingerprint density at radius 2 is 2.05 bits per heavy atom. The standard InChI is InChI=1S/C12H15F3N2O2/c1-17(6-5-12(13,14)15)10-4-3-8(7-9(10)16)11(18)19-2/h3-4,7H,5-6,16H2,1-2H3. The zero-order chi connectivity index (χ0) is 14.6. The summed E-state index contributed by atoms with van der Waals surface area (Å²) in [5, 5.41) is 0. The van der Waals surface area contributed by atoms with Gasteiger partial charge in [-0.1, -0.05) is 0 Å². The molecular weight excluding hydrogens is 261 g/mol. The van der Waals surface area contributed by atoms with Crippen LogP contribution in [0, 0.1) is 0 Å². The second kappa shape index (κ2) is 5.81. The molecule has 0 amide bonds. The van der Waals surface area contributed by atoms with Crippen molar-refractivity contribution in [2.75, 3.05) is 31.3 Å². The number of carbonyl (C=O) groups is 1. The van der Waals surface area contributed by atoms with Gasteiger partial charge in [0.1, 0.15) is 0 Å². The number of hydrogen-bond donors (Lipinski definition) is 1. The maximum absolute atomic E-state index is 12.1. The van der Waals surface area contributed by atoms with E-state index in [1.54, 1.807) is 0 Å². The van der Waals surface area contributed by atoms with Gasteiger partial charge in [-0.3, -0.25) is 0 Å². The van der Waals surface area contributed by atoms with Gasteiger partial charge < -0.3 is 15.4 Å². The van der Waals surface area contributed by atoms with Gasteiger partial charge in [-0.2, -0.15) is 13.2 Å². The van der Waals surface area contributed by atoms with Crippen LogP contribution in [0.1, 0.15) is 16.8 Å². The first-order valence-corrected chi connectivity index (χ1v) is 5.50. The van der Waals surface area contributed by atoms with Gasteiger partial charge in [0.05, 0.1) is 30.5 Å². The van der Waals surface area contributed by atoms with Crippen LogP contribution >= 0.6 is 0 Å². The highest BCUT2D eigenvalue weighted by molar-refractivity contribution is 5.91. The molecule has 0 saturated heterocycles. The van der Waals surface area contributed by atoms with Crippen LogP contribution < -0.4 is 10.6 Å². The molecule has 0 radical (unpaired) electrons. The number of nitrogens with zero attached hydrogens (tertiary/aromatic N) is 1. The third kappa shape index (κ3) is 4.35. The summed E-state index contributed by atoms with van der Waals surface area (Å²) in [6.07, 6.45) is -5.14. The summed E-state index contributed by atoms with van der Waals surface area (Å²) >= 11 is 0. The predicted molar refractivity (Wildman–Crippen MR) is 66.1 cm³/mol. The van der Waals surface area contributed by atoms with Gasteiger partial charge in [-0.15, -0.1) is 0 Å². The lowest BCUT2D eigenvalue weighted by Gasteiger charge is -2.22. The second-order valence-electron chi connectivity index (χ2n) is 4.05. The summed E-state index contributed by atoms with van der Waals surface area (Å²) in [5.74, 6) is -0.545. The van der Waals surface area contributed by atoms with Crippen molar-refractivity contribution in [2.24, 2.45) is 0 Å².